The van der Waals surface area contributed by atoms with Crippen LogP contribution in [0.15, 0.2) is 53.7 Å². The first-order chi connectivity index (χ1) is 11.5. The predicted octanol–water partition coefficient (Wildman–Crippen LogP) is 3.25. The SMILES string of the molecule is COc1nccc2c(OCc3cccc(S(C)(=N)=O)c3)ccnc12. The van der Waals surface area contributed by atoms with Gasteiger partial charge in [-0.25, -0.2) is 14.0 Å². The topological polar surface area (TPSA) is 85.2 Å². The van der Waals surface area contributed by atoms with E-state index in [1.54, 1.807) is 43.8 Å². The van der Waals surface area contributed by atoms with Gasteiger partial charge in [0.05, 0.1) is 16.8 Å². The maximum Gasteiger partial charge on any atom is 0.240 e. The third kappa shape index (κ3) is 3.30. The third-order valence-corrected chi connectivity index (χ3v) is 4.68. The molecule has 0 spiro atoms. The number of ether oxygens (including phenoxy) is 2. The average Bonchev–Trinajstić information content (AvgIpc) is 2.59. The van der Waals surface area contributed by atoms with Crippen LogP contribution in [0.3, 0.4) is 0 Å². The summed E-state index contributed by atoms with van der Waals surface area (Å²) in [6.07, 6.45) is 4.69. The summed E-state index contributed by atoms with van der Waals surface area (Å²) in [5.41, 5.74) is 1.48. The fourth-order valence-corrected chi connectivity index (χ4v) is 3.06. The Hall–Kier alpha value is -2.67. The number of fused-ring (bicyclic) bond motifs is 1. The Bertz CT molecular complexity index is 987. The Morgan fingerprint density at radius 2 is 1.96 bits per heavy atom. The zero-order valence-electron chi connectivity index (χ0n) is 13.4. The van der Waals surface area contributed by atoms with E-state index in [4.69, 9.17) is 14.3 Å². The lowest BCUT2D eigenvalue weighted by Crippen LogP contribution is -2.00. The minimum atomic E-state index is -2.74. The van der Waals surface area contributed by atoms with Gasteiger partial charge in [-0.15, -0.1) is 0 Å². The molecule has 3 aromatic rings. The van der Waals surface area contributed by atoms with Gasteiger partial charge in [-0.3, -0.25) is 4.98 Å². The maximum absolute atomic E-state index is 11.9. The molecule has 0 saturated heterocycles. The summed E-state index contributed by atoms with van der Waals surface area (Å²) < 4.78 is 30.6. The lowest BCUT2D eigenvalue weighted by molar-refractivity contribution is 0.309. The van der Waals surface area contributed by atoms with Crippen molar-refractivity contribution in [3.63, 3.8) is 0 Å². The summed E-state index contributed by atoms with van der Waals surface area (Å²) in [6, 6.07) is 10.7. The first-order valence-electron chi connectivity index (χ1n) is 7.22. The minimum absolute atomic E-state index is 0.299. The van der Waals surface area contributed by atoms with Gasteiger partial charge in [-0.2, -0.15) is 0 Å². The second kappa shape index (κ2) is 6.45. The number of rotatable bonds is 5. The maximum atomic E-state index is 11.9. The van der Waals surface area contributed by atoms with E-state index in [0.29, 0.717) is 28.6 Å². The van der Waals surface area contributed by atoms with Crippen LogP contribution in [0.1, 0.15) is 5.56 Å². The van der Waals surface area contributed by atoms with Gasteiger partial charge in [0.1, 0.15) is 17.9 Å². The minimum Gasteiger partial charge on any atom is -0.488 e. The van der Waals surface area contributed by atoms with Crippen molar-refractivity contribution < 1.29 is 13.7 Å². The molecule has 3 rings (SSSR count). The van der Waals surface area contributed by atoms with Gasteiger partial charge in [0, 0.05) is 28.9 Å². The molecular weight excluding hydrogens is 326 g/mol. The summed E-state index contributed by atoms with van der Waals surface area (Å²) >= 11 is 0. The summed E-state index contributed by atoms with van der Waals surface area (Å²) in [6.45, 7) is 0.299. The molecule has 124 valence electrons. The molecule has 1 unspecified atom stereocenters. The summed E-state index contributed by atoms with van der Waals surface area (Å²) in [4.78, 5) is 8.91. The second-order valence-electron chi connectivity index (χ2n) is 5.31. The van der Waals surface area contributed by atoms with E-state index in [-0.39, 0.29) is 0 Å². The van der Waals surface area contributed by atoms with Crippen LogP contribution in [0.25, 0.3) is 10.9 Å². The highest BCUT2D eigenvalue weighted by Crippen LogP contribution is 2.29. The van der Waals surface area contributed by atoms with Crippen molar-refractivity contribution in [2.75, 3.05) is 13.4 Å². The highest BCUT2D eigenvalue weighted by Gasteiger charge is 2.09. The van der Waals surface area contributed by atoms with E-state index in [1.165, 1.54) is 6.26 Å². The van der Waals surface area contributed by atoms with Crippen molar-refractivity contribution in [1.82, 2.24) is 9.97 Å². The lowest BCUT2D eigenvalue weighted by atomic mass is 10.2. The zero-order chi connectivity index (χ0) is 17.2. The van der Waals surface area contributed by atoms with Crippen molar-refractivity contribution >= 4 is 20.6 Å². The van der Waals surface area contributed by atoms with Crippen LogP contribution in [0.5, 0.6) is 11.6 Å². The smallest absolute Gasteiger partial charge is 0.240 e. The Labute approximate surface area is 140 Å². The number of aromatic nitrogens is 2. The van der Waals surface area contributed by atoms with Crippen LogP contribution >= 0.6 is 0 Å². The third-order valence-electron chi connectivity index (χ3n) is 3.52. The average molecular weight is 343 g/mol. The highest BCUT2D eigenvalue weighted by atomic mass is 32.2. The fraction of sp³-hybridized carbons (Fsp3) is 0.176. The van der Waals surface area contributed by atoms with Gasteiger partial charge < -0.3 is 9.47 Å². The monoisotopic (exact) mass is 343 g/mol. The molecule has 1 aromatic carbocycles. The molecule has 2 heterocycles. The molecule has 0 saturated carbocycles. The summed E-state index contributed by atoms with van der Waals surface area (Å²) in [5, 5.41) is 0.806. The lowest BCUT2D eigenvalue weighted by Gasteiger charge is -2.11. The normalized spacial score (nSPS) is 13.4. The standard InChI is InChI=1S/C17H17N3O3S/c1-22-17-16-14(6-8-20-17)15(7-9-19-16)23-11-12-4-3-5-13(10-12)24(2,18)21/h3-10,18H,11H2,1-2H3. The van der Waals surface area contributed by atoms with Gasteiger partial charge in [0.15, 0.2) is 0 Å². The van der Waals surface area contributed by atoms with E-state index in [2.05, 4.69) is 9.97 Å². The van der Waals surface area contributed by atoms with Crippen LogP contribution in [0, 0.1) is 4.78 Å². The molecule has 1 atom stereocenters. The molecule has 2 aromatic heterocycles. The van der Waals surface area contributed by atoms with Crippen molar-refractivity contribution in [2.45, 2.75) is 11.5 Å². The first kappa shape index (κ1) is 16.2. The van der Waals surface area contributed by atoms with Gasteiger partial charge >= 0.3 is 0 Å². The quantitative estimate of drug-likeness (QED) is 0.768. The summed E-state index contributed by atoms with van der Waals surface area (Å²) in [5.74, 6) is 1.11. The van der Waals surface area contributed by atoms with E-state index in [1.807, 2.05) is 12.1 Å². The van der Waals surface area contributed by atoms with Gasteiger partial charge in [-0.05, 0) is 29.8 Å². The molecular formula is C17H17N3O3S. The molecule has 0 amide bonds. The number of pyridine rings is 2. The van der Waals surface area contributed by atoms with Crippen LogP contribution < -0.4 is 9.47 Å². The number of nitrogens with zero attached hydrogens (tertiary/aromatic N) is 2. The van der Waals surface area contributed by atoms with Crippen LogP contribution in [-0.2, 0) is 16.3 Å². The number of hydrogen-bond donors (Lipinski definition) is 1. The zero-order valence-corrected chi connectivity index (χ0v) is 14.2. The Morgan fingerprint density at radius 3 is 2.71 bits per heavy atom. The highest BCUT2D eigenvalue weighted by molar-refractivity contribution is 7.91. The predicted molar refractivity (Wildman–Crippen MR) is 91.9 cm³/mol. The number of nitrogens with one attached hydrogen (secondary N) is 1. The van der Waals surface area contributed by atoms with E-state index in [9.17, 15) is 4.21 Å². The number of hydrogen-bond acceptors (Lipinski definition) is 6. The molecule has 24 heavy (non-hydrogen) atoms. The Kier molecular flexibility index (Phi) is 4.35. The van der Waals surface area contributed by atoms with Crippen LogP contribution in [0.2, 0.25) is 0 Å². The van der Waals surface area contributed by atoms with E-state index >= 15 is 0 Å². The van der Waals surface area contributed by atoms with Crippen LogP contribution in [-0.4, -0.2) is 27.5 Å². The fourth-order valence-electron chi connectivity index (χ4n) is 2.34. The second-order valence-corrected chi connectivity index (χ2v) is 7.46. The van der Waals surface area contributed by atoms with Crippen molar-refractivity contribution in [3.8, 4) is 11.6 Å². The van der Waals surface area contributed by atoms with Crippen molar-refractivity contribution in [2.24, 2.45) is 0 Å². The van der Waals surface area contributed by atoms with Crippen molar-refractivity contribution in [3.05, 3.63) is 54.4 Å². The van der Waals surface area contributed by atoms with E-state index < -0.39 is 9.73 Å². The summed E-state index contributed by atoms with van der Waals surface area (Å²) in [7, 11) is -1.20. The number of methoxy groups -OCH3 is 1. The molecule has 6 nitrogen and oxygen atoms in total. The van der Waals surface area contributed by atoms with Gasteiger partial charge in [0.2, 0.25) is 5.88 Å². The Morgan fingerprint density at radius 1 is 1.17 bits per heavy atom. The Balaban J connectivity index is 1.89. The number of benzene rings is 1. The largest absolute Gasteiger partial charge is 0.488 e. The molecule has 7 heteroatoms. The van der Waals surface area contributed by atoms with Crippen LogP contribution in [0.4, 0.5) is 0 Å². The van der Waals surface area contributed by atoms with Gasteiger partial charge in [0.25, 0.3) is 0 Å². The molecule has 0 radical (unpaired) electrons. The molecule has 0 aliphatic heterocycles. The van der Waals surface area contributed by atoms with E-state index in [0.717, 1.165) is 10.9 Å². The van der Waals surface area contributed by atoms with Crippen molar-refractivity contribution in [1.29, 1.82) is 4.78 Å². The first-order valence-corrected chi connectivity index (χ1v) is 9.19. The molecule has 0 fully saturated rings. The molecule has 1 N–H and O–H groups in total. The van der Waals surface area contributed by atoms with Gasteiger partial charge in [-0.1, -0.05) is 12.1 Å². The molecule has 0 bridgehead atoms. The molecule has 0 aliphatic carbocycles. The molecule has 0 aliphatic rings.